The molecular weight excluding hydrogens is 180 g/mol. The Kier molecular flexibility index (Phi) is 8.14. The SMILES string of the molecule is CC(C)CCCCCC(O)C(O)CO. The van der Waals surface area contributed by atoms with Crippen molar-refractivity contribution < 1.29 is 15.3 Å². The van der Waals surface area contributed by atoms with Gasteiger partial charge in [0.25, 0.3) is 0 Å². The second-order valence-corrected chi connectivity index (χ2v) is 4.35. The van der Waals surface area contributed by atoms with Crippen LogP contribution < -0.4 is 0 Å². The first-order valence-electron chi connectivity index (χ1n) is 5.55. The fourth-order valence-electron chi connectivity index (χ4n) is 1.40. The fraction of sp³-hybridized carbons (Fsp3) is 1.00. The average molecular weight is 204 g/mol. The van der Waals surface area contributed by atoms with Gasteiger partial charge in [-0.1, -0.05) is 39.5 Å². The van der Waals surface area contributed by atoms with Gasteiger partial charge in [0.05, 0.1) is 12.7 Å². The summed E-state index contributed by atoms with van der Waals surface area (Å²) in [4.78, 5) is 0. The second kappa shape index (κ2) is 8.21. The molecule has 0 saturated heterocycles. The van der Waals surface area contributed by atoms with Gasteiger partial charge in [-0.05, 0) is 12.3 Å². The Morgan fingerprint density at radius 3 is 1.93 bits per heavy atom. The smallest absolute Gasteiger partial charge is 0.103 e. The molecule has 2 unspecified atom stereocenters. The van der Waals surface area contributed by atoms with Gasteiger partial charge in [-0.3, -0.25) is 0 Å². The molecule has 0 saturated carbocycles. The average Bonchev–Trinajstić information content (AvgIpc) is 2.15. The first-order valence-corrected chi connectivity index (χ1v) is 5.55. The lowest BCUT2D eigenvalue weighted by Crippen LogP contribution is -2.28. The molecule has 86 valence electrons. The van der Waals surface area contributed by atoms with Crippen LogP contribution in [-0.2, 0) is 0 Å². The standard InChI is InChI=1S/C11H24O3/c1-9(2)6-4-3-5-7-10(13)11(14)8-12/h9-14H,3-8H2,1-2H3. The van der Waals surface area contributed by atoms with Crippen LogP contribution in [0.3, 0.4) is 0 Å². The summed E-state index contributed by atoms with van der Waals surface area (Å²) in [7, 11) is 0. The van der Waals surface area contributed by atoms with Gasteiger partial charge in [0.2, 0.25) is 0 Å². The van der Waals surface area contributed by atoms with Gasteiger partial charge in [-0.15, -0.1) is 0 Å². The highest BCUT2D eigenvalue weighted by atomic mass is 16.4. The van der Waals surface area contributed by atoms with Gasteiger partial charge in [-0.2, -0.15) is 0 Å². The normalized spacial score (nSPS) is 15.9. The van der Waals surface area contributed by atoms with E-state index in [2.05, 4.69) is 13.8 Å². The third-order valence-electron chi connectivity index (χ3n) is 2.41. The van der Waals surface area contributed by atoms with E-state index in [1.54, 1.807) is 0 Å². The van der Waals surface area contributed by atoms with Crippen LogP contribution in [-0.4, -0.2) is 34.1 Å². The molecule has 0 radical (unpaired) electrons. The van der Waals surface area contributed by atoms with E-state index >= 15 is 0 Å². The van der Waals surface area contributed by atoms with Gasteiger partial charge in [0.1, 0.15) is 6.10 Å². The molecule has 0 aromatic rings. The molecule has 3 heteroatoms. The summed E-state index contributed by atoms with van der Waals surface area (Å²) < 4.78 is 0. The monoisotopic (exact) mass is 204 g/mol. The van der Waals surface area contributed by atoms with Gasteiger partial charge in [0.15, 0.2) is 0 Å². The van der Waals surface area contributed by atoms with Crippen molar-refractivity contribution in [1.29, 1.82) is 0 Å². The predicted octanol–water partition coefficient (Wildman–Crippen LogP) is 1.31. The topological polar surface area (TPSA) is 60.7 Å². The zero-order chi connectivity index (χ0) is 11.0. The molecule has 0 aliphatic rings. The summed E-state index contributed by atoms with van der Waals surface area (Å²) >= 11 is 0. The van der Waals surface area contributed by atoms with Crippen molar-refractivity contribution in [2.24, 2.45) is 5.92 Å². The van der Waals surface area contributed by atoms with Crippen LogP contribution >= 0.6 is 0 Å². The van der Waals surface area contributed by atoms with E-state index in [1.807, 2.05) is 0 Å². The highest BCUT2D eigenvalue weighted by Crippen LogP contribution is 2.11. The summed E-state index contributed by atoms with van der Waals surface area (Å²) in [5.41, 5.74) is 0. The Morgan fingerprint density at radius 2 is 1.43 bits per heavy atom. The number of hydrogen-bond donors (Lipinski definition) is 3. The van der Waals surface area contributed by atoms with Crippen molar-refractivity contribution in [2.45, 2.75) is 58.2 Å². The highest BCUT2D eigenvalue weighted by molar-refractivity contribution is 4.65. The summed E-state index contributed by atoms with van der Waals surface area (Å²) in [5, 5.41) is 27.0. The zero-order valence-electron chi connectivity index (χ0n) is 9.32. The van der Waals surface area contributed by atoms with Crippen molar-refractivity contribution in [3.8, 4) is 0 Å². The van der Waals surface area contributed by atoms with Gasteiger partial charge in [-0.25, -0.2) is 0 Å². The Balaban J connectivity index is 3.27. The van der Waals surface area contributed by atoms with E-state index in [4.69, 9.17) is 10.2 Å². The first kappa shape index (κ1) is 13.9. The fourth-order valence-corrected chi connectivity index (χ4v) is 1.40. The molecule has 0 spiro atoms. The van der Waals surface area contributed by atoms with E-state index in [0.29, 0.717) is 6.42 Å². The van der Waals surface area contributed by atoms with E-state index in [1.165, 1.54) is 12.8 Å². The maximum Gasteiger partial charge on any atom is 0.103 e. The molecular formula is C11H24O3. The van der Waals surface area contributed by atoms with Gasteiger partial charge < -0.3 is 15.3 Å². The molecule has 14 heavy (non-hydrogen) atoms. The summed E-state index contributed by atoms with van der Waals surface area (Å²) in [6.45, 7) is 4.04. The minimum atomic E-state index is -0.972. The molecule has 2 atom stereocenters. The Bertz CT molecular complexity index is 126. The molecule has 0 amide bonds. The van der Waals surface area contributed by atoms with Crippen LogP contribution in [0, 0.1) is 5.92 Å². The molecule has 0 fully saturated rings. The Labute approximate surface area is 86.8 Å². The molecule has 3 nitrogen and oxygen atoms in total. The van der Waals surface area contributed by atoms with E-state index in [0.717, 1.165) is 18.8 Å². The van der Waals surface area contributed by atoms with Crippen LogP contribution in [0.15, 0.2) is 0 Å². The van der Waals surface area contributed by atoms with E-state index < -0.39 is 12.2 Å². The van der Waals surface area contributed by atoms with Crippen molar-refractivity contribution in [2.75, 3.05) is 6.61 Å². The third kappa shape index (κ3) is 7.30. The summed E-state index contributed by atoms with van der Waals surface area (Å²) in [5.74, 6) is 0.739. The zero-order valence-corrected chi connectivity index (χ0v) is 9.32. The van der Waals surface area contributed by atoms with Crippen LogP contribution in [0.4, 0.5) is 0 Å². The lowest BCUT2D eigenvalue weighted by atomic mass is 10.0. The van der Waals surface area contributed by atoms with Gasteiger partial charge in [0, 0.05) is 0 Å². The van der Waals surface area contributed by atoms with Crippen LogP contribution in [0.2, 0.25) is 0 Å². The predicted molar refractivity (Wildman–Crippen MR) is 57.0 cm³/mol. The number of unbranched alkanes of at least 4 members (excludes halogenated alkanes) is 2. The van der Waals surface area contributed by atoms with E-state index in [9.17, 15) is 5.11 Å². The van der Waals surface area contributed by atoms with Crippen molar-refractivity contribution in [3.63, 3.8) is 0 Å². The number of aliphatic hydroxyl groups excluding tert-OH is 3. The molecule has 0 rings (SSSR count). The summed E-state index contributed by atoms with van der Waals surface area (Å²) in [6, 6.07) is 0. The minimum absolute atomic E-state index is 0.354. The number of aliphatic hydroxyl groups is 3. The molecule has 0 aliphatic carbocycles. The maximum absolute atomic E-state index is 9.32. The largest absolute Gasteiger partial charge is 0.394 e. The van der Waals surface area contributed by atoms with Crippen molar-refractivity contribution >= 4 is 0 Å². The lowest BCUT2D eigenvalue weighted by Gasteiger charge is -2.15. The van der Waals surface area contributed by atoms with Crippen LogP contribution in [0.5, 0.6) is 0 Å². The second-order valence-electron chi connectivity index (χ2n) is 4.35. The molecule has 0 aliphatic heterocycles. The highest BCUT2D eigenvalue weighted by Gasteiger charge is 2.13. The molecule has 0 bridgehead atoms. The Hall–Kier alpha value is -0.120. The van der Waals surface area contributed by atoms with Crippen molar-refractivity contribution in [1.82, 2.24) is 0 Å². The van der Waals surface area contributed by atoms with Crippen molar-refractivity contribution in [3.05, 3.63) is 0 Å². The van der Waals surface area contributed by atoms with Gasteiger partial charge >= 0.3 is 0 Å². The lowest BCUT2D eigenvalue weighted by molar-refractivity contribution is -0.0185. The number of hydrogen-bond acceptors (Lipinski definition) is 3. The molecule has 0 aromatic heterocycles. The third-order valence-corrected chi connectivity index (χ3v) is 2.41. The van der Waals surface area contributed by atoms with Crippen LogP contribution in [0.1, 0.15) is 46.0 Å². The number of rotatable bonds is 8. The minimum Gasteiger partial charge on any atom is -0.394 e. The summed E-state index contributed by atoms with van der Waals surface area (Å²) in [6.07, 6.45) is 3.26. The molecule has 0 heterocycles. The van der Waals surface area contributed by atoms with E-state index in [-0.39, 0.29) is 6.61 Å². The quantitative estimate of drug-likeness (QED) is 0.522. The molecule has 3 N–H and O–H groups in total. The van der Waals surface area contributed by atoms with Crippen LogP contribution in [0.25, 0.3) is 0 Å². The maximum atomic E-state index is 9.32. The molecule has 0 aromatic carbocycles. The Morgan fingerprint density at radius 1 is 0.857 bits per heavy atom. The first-order chi connectivity index (χ1) is 6.57.